The maximum absolute atomic E-state index is 12.4. The summed E-state index contributed by atoms with van der Waals surface area (Å²) in [7, 11) is 0. The molecule has 172 valence electrons. The molecule has 0 saturated carbocycles. The van der Waals surface area contributed by atoms with E-state index >= 15 is 0 Å². The number of hydrogen-bond donors (Lipinski definition) is 3. The van der Waals surface area contributed by atoms with E-state index in [9.17, 15) is 19.8 Å². The lowest BCUT2D eigenvalue weighted by Gasteiger charge is -2.43. The van der Waals surface area contributed by atoms with E-state index in [4.69, 9.17) is 59.2 Å². The number of hydrogen-bond acceptors (Lipinski definition) is 9. The molecule has 12 heteroatoms. The molecule has 0 aliphatic carbocycles. The predicted molar refractivity (Wildman–Crippen MR) is 111 cm³/mol. The number of aliphatic hydroxyl groups excluding tert-OH is 2. The fourth-order valence-electron chi connectivity index (χ4n) is 2.84. The number of esters is 1. The topological polar surface area (TPSA) is 135 Å². The predicted octanol–water partition coefficient (Wildman–Crippen LogP) is 1.90. The first-order valence-electron chi connectivity index (χ1n) is 9.12. The van der Waals surface area contributed by atoms with Gasteiger partial charge in [0.1, 0.15) is 12.2 Å². The lowest BCUT2D eigenvalue weighted by atomic mass is 9.94. The lowest BCUT2D eigenvalue weighted by Crippen LogP contribution is -2.63. The quantitative estimate of drug-likeness (QED) is 0.224. The highest BCUT2D eigenvalue weighted by Gasteiger charge is 2.53. The van der Waals surface area contributed by atoms with E-state index in [1.165, 1.54) is 6.92 Å². The minimum Gasteiger partial charge on any atom is -0.457 e. The second-order valence-electron chi connectivity index (χ2n) is 6.77. The highest BCUT2D eigenvalue weighted by molar-refractivity contribution is 6.76. The molecule has 1 aliphatic heterocycles. The van der Waals surface area contributed by atoms with Crippen LogP contribution in [0.5, 0.6) is 0 Å². The van der Waals surface area contributed by atoms with Crippen molar-refractivity contribution < 1.29 is 38.7 Å². The van der Waals surface area contributed by atoms with Crippen LogP contribution in [0.3, 0.4) is 0 Å². The fourth-order valence-corrected chi connectivity index (χ4v) is 2.98. The Kier molecular flexibility index (Phi) is 9.08. The zero-order valence-electron chi connectivity index (χ0n) is 16.5. The number of Topliss-reactive ketones (excluding diaryl/α,β-unsaturated/α-hetero) is 1. The monoisotopic (exact) mass is 497 g/mol. The molecule has 2 rings (SSSR count). The Hall–Kier alpha value is -1.46. The summed E-state index contributed by atoms with van der Waals surface area (Å²) < 4.78 is 19.5. The van der Waals surface area contributed by atoms with E-state index in [2.05, 4.69) is 0 Å². The van der Waals surface area contributed by atoms with Gasteiger partial charge in [0.25, 0.3) is 3.79 Å². The molecule has 1 heterocycles. The van der Waals surface area contributed by atoms with Crippen molar-refractivity contribution in [2.24, 2.45) is 0 Å². The standard InChI is InChI=1S/C19H22Cl3NO8/c1-9(24)12(26)14-13(27)15(29-10(2)25)16(28-8-11-6-4-3-5-7-11)17(30-14)31-18(23)19(20,21)22/h3-7,9,13-17,23-24,27H,8H2,1-2H3/t9?,13-,14-,15+,16-,17?/m1/s1. The van der Waals surface area contributed by atoms with E-state index in [1.54, 1.807) is 30.3 Å². The summed E-state index contributed by atoms with van der Waals surface area (Å²) in [4.78, 5) is 24.0. The van der Waals surface area contributed by atoms with Crippen molar-refractivity contribution in [3.63, 3.8) is 0 Å². The number of benzene rings is 1. The number of halogens is 3. The molecule has 31 heavy (non-hydrogen) atoms. The van der Waals surface area contributed by atoms with Crippen molar-refractivity contribution >= 4 is 52.5 Å². The molecule has 3 N–H and O–H groups in total. The third kappa shape index (κ3) is 7.01. The average molecular weight is 499 g/mol. The first kappa shape index (κ1) is 25.8. The van der Waals surface area contributed by atoms with Gasteiger partial charge in [0.2, 0.25) is 12.2 Å². The smallest absolute Gasteiger partial charge is 0.303 e. The van der Waals surface area contributed by atoms with Crippen LogP contribution < -0.4 is 0 Å². The van der Waals surface area contributed by atoms with Gasteiger partial charge in [0.05, 0.1) is 6.61 Å². The van der Waals surface area contributed by atoms with Crippen LogP contribution in [0.1, 0.15) is 19.4 Å². The van der Waals surface area contributed by atoms with Gasteiger partial charge in [-0.1, -0.05) is 65.1 Å². The number of ketones is 1. The van der Waals surface area contributed by atoms with E-state index in [0.717, 1.165) is 12.5 Å². The van der Waals surface area contributed by atoms with Gasteiger partial charge in [-0.05, 0) is 12.5 Å². The Balaban J connectivity index is 2.37. The molecular formula is C19H22Cl3NO8. The Labute approximate surface area is 193 Å². The Morgan fingerprint density at radius 3 is 2.32 bits per heavy atom. The molecule has 0 amide bonds. The summed E-state index contributed by atoms with van der Waals surface area (Å²) in [6.45, 7) is 2.26. The van der Waals surface area contributed by atoms with E-state index < -0.39 is 58.3 Å². The first-order chi connectivity index (χ1) is 14.4. The van der Waals surface area contributed by atoms with Crippen molar-refractivity contribution in [3.8, 4) is 0 Å². The van der Waals surface area contributed by atoms with Gasteiger partial charge in [-0.15, -0.1) is 0 Å². The van der Waals surface area contributed by atoms with Crippen molar-refractivity contribution in [3.05, 3.63) is 35.9 Å². The molecule has 0 bridgehead atoms. The number of aliphatic hydroxyl groups is 2. The van der Waals surface area contributed by atoms with Gasteiger partial charge in [-0.3, -0.25) is 15.0 Å². The van der Waals surface area contributed by atoms with Crippen LogP contribution in [-0.2, 0) is 35.1 Å². The van der Waals surface area contributed by atoms with Crippen molar-refractivity contribution in [1.82, 2.24) is 0 Å². The van der Waals surface area contributed by atoms with Crippen molar-refractivity contribution in [2.45, 2.75) is 61.1 Å². The first-order valence-corrected chi connectivity index (χ1v) is 10.3. The molecule has 0 radical (unpaired) electrons. The minimum absolute atomic E-state index is 0.0185. The molecule has 0 aromatic heterocycles. The Morgan fingerprint density at radius 1 is 1.19 bits per heavy atom. The van der Waals surface area contributed by atoms with E-state index in [-0.39, 0.29) is 6.61 Å². The van der Waals surface area contributed by atoms with Crippen molar-refractivity contribution in [2.75, 3.05) is 0 Å². The summed E-state index contributed by atoms with van der Waals surface area (Å²) in [5.41, 5.74) is 0.732. The van der Waals surface area contributed by atoms with E-state index in [1.807, 2.05) is 0 Å². The van der Waals surface area contributed by atoms with E-state index in [0.29, 0.717) is 0 Å². The summed E-state index contributed by atoms with van der Waals surface area (Å²) >= 11 is 17.0. The zero-order valence-corrected chi connectivity index (χ0v) is 18.8. The van der Waals surface area contributed by atoms with Crippen LogP contribution in [0, 0.1) is 5.41 Å². The Morgan fingerprint density at radius 2 is 1.81 bits per heavy atom. The van der Waals surface area contributed by atoms with Gasteiger partial charge in [-0.2, -0.15) is 0 Å². The SMILES string of the molecule is CC(=O)O[C@H]1[C@H](O)[C@@H](C(=O)C(C)O)OC(OC(=N)C(Cl)(Cl)Cl)[C@@H]1OCc1ccccc1. The molecule has 2 unspecified atom stereocenters. The fraction of sp³-hybridized carbons (Fsp3) is 0.526. The Bertz CT molecular complexity index is 786. The number of alkyl halides is 3. The summed E-state index contributed by atoms with van der Waals surface area (Å²) in [5.74, 6) is -2.53. The third-order valence-electron chi connectivity index (χ3n) is 4.29. The molecule has 6 atom stereocenters. The van der Waals surface area contributed by atoms with Crippen LogP contribution in [0.25, 0.3) is 0 Å². The summed E-state index contributed by atoms with van der Waals surface area (Å²) in [5, 5.41) is 28.1. The molecule has 0 spiro atoms. The highest BCUT2D eigenvalue weighted by Crippen LogP contribution is 2.33. The number of ether oxygens (including phenoxy) is 4. The van der Waals surface area contributed by atoms with Crippen molar-refractivity contribution in [1.29, 1.82) is 5.41 Å². The maximum atomic E-state index is 12.4. The maximum Gasteiger partial charge on any atom is 0.303 e. The minimum atomic E-state index is -2.26. The molecular weight excluding hydrogens is 477 g/mol. The van der Waals surface area contributed by atoms with Crippen LogP contribution >= 0.6 is 34.8 Å². The van der Waals surface area contributed by atoms with Crippen LogP contribution in [-0.4, -0.2) is 68.5 Å². The summed E-state index contributed by atoms with van der Waals surface area (Å²) in [6.07, 6.45) is -9.22. The van der Waals surface area contributed by atoms with Gasteiger partial charge >= 0.3 is 5.97 Å². The zero-order chi connectivity index (χ0) is 23.3. The normalized spacial score (nSPS) is 27.3. The molecule has 1 saturated heterocycles. The second-order valence-corrected chi connectivity index (χ2v) is 9.06. The van der Waals surface area contributed by atoms with Gasteiger partial charge in [-0.25, -0.2) is 0 Å². The van der Waals surface area contributed by atoms with Gasteiger partial charge in [0, 0.05) is 6.92 Å². The largest absolute Gasteiger partial charge is 0.457 e. The highest BCUT2D eigenvalue weighted by atomic mass is 35.6. The second kappa shape index (κ2) is 10.9. The summed E-state index contributed by atoms with van der Waals surface area (Å²) in [6, 6.07) is 8.88. The van der Waals surface area contributed by atoms with Gasteiger partial charge in [0.15, 0.2) is 24.1 Å². The van der Waals surface area contributed by atoms with Crippen LogP contribution in [0.2, 0.25) is 0 Å². The molecule has 1 fully saturated rings. The molecule has 9 nitrogen and oxygen atoms in total. The molecule has 1 aliphatic rings. The number of carbonyl (C=O) groups excluding carboxylic acids is 2. The number of rotatable bonds is 7. The number of nitrogens with one attached hydrogen (secondary N) is 1. The third-order valence-corrected chi connectivity index (χ3v) is 4.81. The molecule has 1 aromatic carbocycles. The van der Waals surface area contributed by atoms with Crippen LogP contribution in [0.4, 0.5) is 0 Å². The average Bonchev–Trinajstić information content (AvgIpc) is 2.68. The molecule has 1 aromatic rings. The lowest BCUT2D eigenvalue weighted by molar-refractivity contribution is -0.287. The number of carbonyl (C=O) groups is 2. The van der Waals surface area contributed by atoms with Gasteiger partial charge < -0.3 is 29.2 Å². The van der Waals surface area contributed by atoms with Crippen LogP contribution in [0.15, 0.2) is 30.3 Å².